The number of nitrogens with zero attached hydrogens (tertiary/aromatic N) is 2. The second kappa shape index (κ2) is 8.42. The van der Waals surface area contributed by atoms with Crippen molar-refractivity contribution in [2.45, 2.75) is 25.6 Å². The third-order valence-corrected chi connectivity index (χ3v) is 4.48. The first-order valence-corrected chi connectivity index (χ1v) is 8.30. The van der Waals surface area contributed by atoms with Gasteiger partial charge in [-0.3, -0.25) is 14.6 Å². The number of halogens is 3. The molecule has 2 heterocycles. The van der Waals surface area contributed by atoms with Crippen molar-refractivity contribution in [3.8, 4) is 0 Å². The van der Waals surface area contributed by atoms with E-state index in [1.165, 1.54) is 6.07 Å². The molecule has 28 heavy (non-hydrogen) atoms. The highest BCUT2D eigenvalue weighted by Crippen LogP contribution is 2.35. The predicted molar refractivity (Wildman–Crippen MR) is 94.1 cm³/mol. The summed E-state index contributed by atoms with van der Waals surface area (Å²) in [6, 6.07) is 5.09. The summed E-state index contributed by atoms with van der Waals surface area (Å²) in [6.07, 6.45) is -5.11. The highest BCUT2D eigenvalue weighted by Gasteiger charge is 2.34. The topological polar surface area (TPSA) is 111 Å². The van der Waals surface area contributed by atoms with Gasteiger partial charge in [-0.25, -0.2) is 0 Å². The van der Waals surface area contributed by atoms with Crippen LogP contribution in [-0.2, 0) is 15.8 Å². The zero-order valence-electron chi connectivity index (χ0n) is 14.8. The lowest BCUT2D eigenvalue weighted by Gasteiger charge is -2.36. The van der Waals surface area contributed by atoms with E-state index in [0.717, 1.165) is 12.1 Å². The number of aromatic nitrogens is 1. The number of hydrogen-bond donors (Lipinski definition) is 3. The molecule has 3 rings (SSSR count). The number of rotatable bonds is 2. The first kappa shape index (κ1) is 21.4. The molecule has 1 aromatic carbocycles. The molecule has 2 atom stereocenters. The summed E-state index contributed by atoms with van der Waals surface area (Å²) in [7, 11) is 0. The Morgan fingerprint density at radius 2 is 1.96 bits per heavy atom. The molecular formula is C18H19F3N2O5. The number of carboxylic acids is 1. The minimum atomic E-state index is -4.45. The fraction of sp³-hybridized carbons (Fsp3) is 0.389. The quantitative estimate of drug-likeness (QED) is 0.665. The normalized spacial score (nSPS) is 19.7. The molecule has 1 fully saturated rings. The largest absolute Gasteiger partial charge is 0.483 e. The van der Waals surface area contributed by atoms with Crippen molar-refractivity contribution in [3.63, 3.8) is 0 Å². The summed E-state index contributed by atoms with van der Waals surface area (Å²) in [5.41, 5.74) is 0.610. The van der Waals surface area contributed by atoms with Gasteiger partial charge in [-0.15, -0.1) is 0 Å². The van der Waals surface area contributed by atoms with Crippen LogP contribution >= 0.6 is 0 Å². The van der Waals surface area contributed by atoms with Crippen LogP contribution in [-0.4, -0.2) is 51.9 Å². The van der Waals surface area contributed by atoms with Gasteiger partial charge < -0.3 is 20.2 Å². The van der Waals surface area contributed by atoms with E-state index in [0.29, 0.717) is 23.3 Å². The smallest absolute Gasteiger partial charge is 0.416 e. The summed E-state index contributed by atoms with van der Waals surface area (Å²) in [5.74, 6) is -2.03. The molecule has 0 saturated carbocycles. The van der Waals surface area contributed by atoms with Gasteiger partial charge in [0.25, 0.3) is 6.47 Å². The fourth-order valence-electron chi connectivity index (χ4n) is 3.18. The average molecular weight is 400 g/mol. The fourth-order valence-corrected chi connectivity index (χ4v) is 3.18. The summed E-state index contributed by atoms with van der Waals surface area (Å²) in [6.45, 7) is 1.94. The number of carboxylic acid groups (broad SMARTS) is 2. The van der Waals surface area contributed by atoms with Gasteiger partial charge in [0.05, 0.1) is 17.2 Å². The van der Waals surface area contributed by atoms with Crippen molar-refractivity contribution in [2.24, 2.45) is 5.92 Å². The van der Waals surface area contributed by atoms with Crippen LogP contribution in [0.25, 0.3) is 10.9 Å². The number of carbonyl (C=O) groups is 2. The van der Waals surface area contributed by atoms with Crippen LogP contribution in [0.3, 0.4) is 0 Å². The standard InChI is InChI=1S/C17H17F3N2O3.CH2O2/c1-9-6-14(22-5-4-15(23)12(8-22)16(24)25)11-3-2-10(17(18,19)20)7-13(11)21-9;2-1-3/h2-3,6-7,12,15,23H,4-5,8H2,1H3,(H,24,25);1H,(H,2,3)/t12-,15-;/m0./s1. The Labute approximate surface area is 158 Å². The molecule has 2 aromatic rings. The van der Waals surface area contributed by atoms with Crippen LogP contribution < -0.4 is 4.90 Å². The molecule has 0 amide bonds. The number of benzene rings is 1. The van der Waals surface area contributed by atoms with Crippen molar-refractivity contribution < 1.29 is 38.1 Å². The van der Waals surface area contributed by atoms with Gasteiger partial charge in [-0.05, 0) is 31.5 Å². The summed E-state index contributed by atoms with van der Waals surface area (Å²) < 4.78 is 38.8. The Hall–Kier alpha value is -2.88. The van der Waals surface area contributed by atoms with Crippen LogP contribution in [0.5, 0.6) is 0 Å². The molecule has 0 unspecified atom stereocenters. The van der Waals surface area contributed by atoms with Crippen LogP contribution in [0, 0.1) is 12.8 Å². The minimum Gasteiger partial charge on any atom is -0.483 e. The Kier molecular flexibility index (Phi) is 6.45. The molecule has 0 bridgehead atoms. The van der Waals surface area contributed by atoms with Crippen molar-refractivity contribution in [1.29, 1.82) is 0 Å². The third kappa shape index (κ3) is 4.69. The molecule has 7 nitrogen and oxygen atoms in total. The average Bonchev–Trinajstić information content (AvgIpc) is 2.60. The van der Waals surface area contributed by atoms with Gasteiger partial charge in [-0.2, -0.15) is 13.2 Å². The molecule has 0 aliphatic carbocycles. The highest BCUT2D eigenvalue weighted by atomic mass is 19.4. The number of aliphatic hydroxyl groups is 1. The van der Waals surface area contributed by atoms with Crippen molar-refractivity contribution in [2.75, 3.05) is 18.0 Å². The van der Waals surface area contributed by atoms with Gasteiger partial charge >= 0.3 is 12.1 Å². The van der Waals surface area contributed by atoms with Crippen molar-refractivity contribution in [1.82, 2.24) is 4.98 Å². The molecule has 1 aliphatic rings. The molecule has 152 valence electrons. The van der Waals surface area contributed by atoms with E-state index in [1.807, 2.05) is 0 Å². The SMILES string of the molecule is Cc1cc(N2CC[C@H](O)[C@@H](C(=O)O)C2)c2ccc(C(F)(F)F)cc2n1.O=CO. The third-order valence-electron chi connectivity index (χ3n) is 4.48. The zero-order chi connectivity index (χ0) is 21.1. The van der Waals surface area contributed by atoms with Crippen molar-refractivity contribution in [3.05, 3.63) is 35.5 Å². The van der Waals surface area contributed by atoms with Crippen LogP contribution in [0.15, 0.2) is 24.3 Å². The number of pyridine rings is 1. The van der Waals surface area contributed by atoms with E-state index in [1.54, 1.807) is 17.9 Å². The summed E-state index contributed by atoms with van der Waals surface area (Å²) >= 11 is 0. The van der Waals surface area contributed by atoms with E-state index < -0.39 is 29.7 Å². The zero-order valence-corrected chi connectivity index (χ0v) is 14.8. The second-order valence-electron chi connectivity index (χ2n) is 6.36. The maximum atomic E-state index is 12.9. The lowest BCUT2D eigenvalue weighted by atomic mass is 9.94. The first-order valence-electron chi connectivity index (χ1n) is 8.30. The Morgan fingerprint density at radius 1 is 1.32 bits per heavy atom. The predicted octanol–water partition coefficient (Wildman–Crippen LogP) is 2.53. The summed E-state index contributed by atoms with van der Waals surface area (Å²) in [5, 5.41) is 26.5. The van der Waals surface area contributed by atoms with E-state index in [4.69, 9.17) is 9.90 Å². The number of aliphatic carboxylic acids is 1. The monoisotopic (exact) mass is 400 g/mol. The minimum absolute atomic E-state index is 0.0933. The number of alkyl halides is 3. The Balaban J connectivity index is 0.000000878. The van der Waals surface area contributed by atoms with E-state index in [-0.39, 0.29) is 25.0 Å². The number of aryl methyl sites for hydroxylation is 1. The van der Waals surface area contributed by atoms with Gasteiger partial charge in [-0.1, -0.05) is 6.07 Å². The molecule has 0 radical (unpaired) electrons. The molecule has 0 spiro atoms. The Bertz CT molecular complexity index is 872. The molecule has 10 heteroatoms. The highest BCUT2D eigenvalue weighted by molar-refractivity contribution is 5.92. The number of aliphatic hydroxyl groups excluding tert-OH is 1. The van der Waals surface area contributed by atoms with Gasteiger partial charge in [0, 0.05) is 29.9 Å². The van der Waals surface area contributed by atoms with Crippen LogP contribution in [0.1, 0.15) is 17.7 Å². The molecule has 1 aliphatic heterocycles. The summed E-state index contributed by atoms with van der Waals surface area (Å²) in [4.78, 5) is 25.6. The van der Waals surface area contributed by atoms with Gasteiger partial charge in [0.1, 0.15) is 5.92 Å². The number of hydrogen-bond acceptors (Lipinski definition) is 5. The number of anilines is 1. The van der Waals surface area contributed by atoms with E-state index in [2.05, 4.69) is 4.98 Å². The molecule has 1 aromatic heterocycles. The number of fused-ring (bicyclic) bond motifs is 1. The maximum absolute atomic E-state index is 12.9. The van der Waals surface area contributed by atoms with E-state index in [9.17, 15) is 28.2 Å². The first-order chi connectivity index (χ1) is 13.1. The lowest BCUT2D eigenvalue weighted by Crippen LogP contribution is -2.46. The van der Waals surface area contributed by atoms with E-state index >= 15 is 0 Å². The van der Waals surface area contributed by atoms with Gasteiger partial charge in [0.15, 0.2) is 0 Å². The molecule has 1 saturated heterocycles. The van der Waals surface area contributed by atoms with Gasteiger partial charge in [0.2, 0.25) is 0 Å². The second-order valence-corrected chi connectivity index (χ2v) is 6.36. The molecule has 3 N–H and O–H groups in total. The van der Waals surface area contributed by atoms with Crippen molar-refractivity contribution >= 4 is 29.0 Å². The maximum Gasteiger partial charge on any atom is 0.416 e. The van der Waals surface area contributed by atoms with Crippen LogP contribution in [0.2, 0.25) is 0 Å². The van der Waals surface area contributed by atoms with Crippen LogP contribution in [0.4, 0.5) is 18.9 Å². The Morgan fingerprint density at radius 3 is 2.54 bits per heavy atom. The lowest BCUT2D eigenvalue weighted by molar-refractivity contribution is -0.146. The number of piperidine rings is 1. The molecular weight excluding hydrogens is 381 g/mol.